The fraction of sp³-hybridized carbons (Fsp3) is 0.300. The highest BCUT2D eigenvalue weighted by atomic mass is 79.9. The summed E-state index contributed by atoms with van der Waals surface area (Å²) in [6.45, 7) is 0.0350. The lowest BCUT2D eigenvalue weighted by Gasteiger charge is -2.18. The number of nitrogens with one attached hydrogen (secondary N) is 1. The number of carbonyl (C=O) groups is 2. The van der Waals surface area contributed by atoms with E-state index in [2.05, 4.69) is 21.2 Å². The molecule has 0 spiro atoms. The van der Waals surface area contributed by atoms with E-state index in [-0.39, 0.29) is 19.1 Å². The number of rotatable bonds is 6. The van der Waals surface area contributed by atoms with E-state index < -0.39 is 6.09 Å². The van der Waals surface area contributed by atoms with Crippen molar-refractivity contribution in [3.63, 3.8) is 0 Å². The monoisotopic (exact) mass is 431 g/mol. The first-order chi connectivity index (χ1) is 12.9. The summed E-state index contributed by atoms with van der Waals surface area (Å²) in [5.74, 6) is 0.203. The van der Waals surface area contributed by atoms with Gasteiger partial charge in [-0.25, -0.2) is 4.79 Å². The van der Waals surface area contributed by atoms with Crippen LogP contribution in [0.25, 0.3) is 0 Å². The van der Waals surface area contributed by atoms with Gasteiger partial charge in [-0.2, -0.15) is 0 Å². The molecule has 6 nitrogen and oxygen atoms in total. The molecule has 7 heteroatoms. The van der Waals surface area contributed by atoms with Crippen LogP contribution < -0.4 is 11.1 Å². The second-order valence-electron chi connectivity index (χ2n) is 6.68. The van der Waals surface area contributed by atoms with Gasteiger partial charge >= 0.3 is 6.09 Å². The number of nitrogens with two attached hydrogens (primary N) is 1. The van der Waals surface area contributed by atoms with Gasteiger partial charge in [-0.1, -0.05) is 30.3 Å². The van der Waals surface area contributed by atoms with Crippen LogP contribution in [0.15, 0.2) is 46.9 Å². The van der Waals surface area contributed by atoms with Crippen molar-refractivity contribution < 1.29 is 14.3 Å². The topological polar surface area (TPSA) is 84.7 Å². The van der Waals surface area contributed by atoms with Crippen LogP contribution in [-0.4, -0.2) is 30.5 Å². The minimum absolute atomic E-state index is 0.127. The van der Waals surface area contributed by atoms with Crippen LogP contribution in [0, 0.1) is 0 Å². The molecule has 3 rings (SSSR count). The maximum Gasteiger partial charge on any atom is 0.410 e. The average molecular weight is 432 g/mol. The third-order valence-corrected chi connectivity index (χ3v) is 5.03. The molecule has 1 fully saturated rings. The number of nitrogens with zero attached hydrogens (tertiary/aromatic N) is 1. The molecule has 2 aromatic rings. The Hall–Kier alpha value is -2.54. The standard InChI is InChI=1S/C20H22BrN3O3/c1-24(20(26)27-12-13-5-3-2-4-6-13)11-18(25)23-17-10-15(14-7-8-14)9-16(21)19(17)22/h2-6,9-10,14H,7-8,11-12,22H2,1H3,(H,23,25). The third-order valence-electron chi connectivity index (χ3n) is 4.37. The highest BCUT2D eigenvalue weighted by molar-refractivity contribution is 9.10. The average Bonchev–Trinajstić information content (AvgIpc) is 3.49. The zero-order valence-corrected chi connectivity index (χ0v) is 16.7. The van der Waals surface area contributed by atoms with Gasteiger partial charge in [-0.05, 0) is 57.9 Å². The van der Waals surface area contributed by atoms with Gasteiger partial charge in [-0.15, -0.1) is 0 Å². The molecule has 2 aromatic carbocycles. The normalized spacial score (nSPS) is 13.1. The largest absolute Gasteiger partial charge is 0.445 e. The van der Waals surface area contributed by atoms with Crippen molar-refractivity contribution in [2.24, 2.45) is 0 Å². The summed E-state index contributed by atoms with van der Waals surface area (Å²) in [7, 11) is 1.52. The number of anilines is 2. The van der Waals surface area contributed by atoms with Crippen molar-refractivity contribution >= 4 is 39.3 Å². The van der Waals surface area contributed by atoms with E-state index in [1.165, 1.54) is 11.9 Å². The van der Waals surface area contributed by atoms with Gasteiger partial charge in [0, 0.05) is 11.5 Å². The molecule has 0 atom stereocenters. The number of carbonyl (C=O) groups excluding carboxylic acids is 2. The lowest BCUT2D eigenvalue weighted by Crippen LogP contribution is -2.35. The second kappa shape index (κ2) is 8.43. The maximum atomic E-state index is 12.3. The van der Waals surface area contributed by atoms with E-state index in [1.54, 1.807) is 0 Å². The van der Waals surface area contributed by atoms with Crippen molar-refractivity contribution in [1.29, 1.82) is 0 Å². The molecule has 2 amide bonds. The lowest BCUT2D eigenvalue weighted by molar-refractivity contribution is -0.116. The van der Waals surface area contributed by atoms with Crippen molar-refractivity contribution in [2.45, 2.75) is 25.4 Å². The van der Waals surface area contributed by atoms with E-state index in [4.69, 9.17) is 10.5 Å². The van der Waals surface area contributed by atoms with Crippen LogP contribution in [0.1, 0.15) is 29.9 Å². The van der Waals surface area contributed by atoms with Gasteiger partial charge in [0.15, 0.2) is 0 Å². The van der Waals surface area contributed by atoms with Gasteiger partial charge in [0.05, 0.1) is 11.4 Å². The SMILES string of the molecule is CN(CC(=O)Nc1cc(C2CC2)cc(Br)c1N)C(=O)OCc1ccccc1. The quantitative estimate of drug-likeness (QED) is 0.673. The number of halogens is 1. The predicted octanol–water partition coefficient (Wildman–Crippen LogP) is 4.12. The van der Waals surface area contributed by atoms with Crippen LogP contribution in [0.3, 0.4) is 0 Å². The molecule has 0 unspecified atom stereocenters. The van der Waals surface area contributed by atoms with Crippen molar-refractivity contribution in [3.05, 3.63) is 58.1 Å². The van der Waals surface area contributed by atoms with Crippen molar-refractivity contribution in [1.82, 2.24) is 4.90 Å². The fourth-order valence-electron chi connectivity index (χ4n) is 2.69. The number of amides is 2. The number of benzene rings is 2. The van der Waals surface area contributed by atoms with E-state index >= 15 is 0 Å². The van der Waals surface area contributed by atoms with Gasteiger partial charge in [0.25, 0.3) is 0 Å². The molecule has 27 heavy (non-hydrogen) atoms. The molecule has 0 saturated heterocycles. The summed E-state index contributed by atoms with van der Waals surface area (Å²) < 4.78 is 5.98. The smallest absolute Gasteiger partial charge is 0.410 e. The number of hydrogen-bond acceptors (Lipinski definition) is 4. The Bertz CT molecular complexity index is 838. The van der Waals surface area contributed by atoms with Crippen LogP contribution in [0.2, 0.25) is 0 Å². The second-order valence-corrected chi connectivity index (χ2v) is 7.54. The first-order valence-corrected chi connectivity index (χ1v) is 9.54. The van der Waals surface area contributed by atoms with Crippen LogP contribution in [-0.2, 0) is 16.1 Å². The Morgan fingerprint density at radius 3 is 2.63 bits per heavy atom. The summed E-state index contributed by atoms with van der Waals surface area (Å²) in [5, 5.41) is 2.79. The first-order valence-electron chi connectivity index (χ1n) is 8.74. The third kappa shape index (κ3) is 5.23. The van der Waals surface area contributed by atoms with Gasteiger partial charge < -0.3 is 20.7 Å². The molecule has 0 radical (unpaired) electrons. The molecule has 0 bridgehead atoms. The molecule has 0 heterocycles. The Morgan fingerprint density at radius 2 is 1.96 bits per heavy atom. The van der Waals surface area contributed by atoms with Crippen LogP contribution >= 0.6 is 15.9 Å². The molecule has 0 aromatic heterocycles. The molecule has 1 aliphatic carbocycles. The van der Waals surface area contributed by atoms with Crippen molar-refractivity contribution in [2.75, 3.05) is 24.6 Å². The summed E-state index contributed by atoms with van der Waals surface area (Å²) in [5.41, 5.74) is 9.13. The number of ether oxygens (including phenoxy) is 1. The van der Waals surface area contributed by atoms with E-state index in [0.29, 0.717) is 17.3 Å². The van der Waals surface area contributed by atoms with E-state index in [1.807, 2.05) is 42.5 Å². The molecule has 142 valence electrons. The highest BCUT2D eigenvalue weighted by Crippen LogP contribution is 2.43. The van der Waals surface area contributed by atoms with Crippen LogP contribution in [0.5, 0.6) is 0 Å². The zero-order chi connectivity index (χ0) is 19.4. The predicted molar refractivity (Wildman–Crippen MR) is 108 cm³/mol. The van der Waals surface area contributed by atoms with Crippen LogP contribution in [0.4, 0.5) is 16.2 Å². The van der Waals surface area contributed by atoms with E-state index in [9.17, 15) is 9.59 Å². The first kappa shape index (κ1) is 19.2. The van der Waals surface area contributed by atoms with Crippen molar-refractivity contribution in [3.8, 4) is 0 Å². The number of likely N-dealkylation sites (N-methyl/N-ethyl adjacent to an activating group) is 1. The summed E-state index contributed by atoms with van der Waals surface area (Å²) >= 11 is 3.44. The molecule has 3 N–H and O–H groups in total. The zero-order valence-electron chi connectivity index (χ0n) is 15.1. The maximum absolute atomic E-state index is 12.3. The van der Waals surface area contributed by atoms with E-state index in [0.717, 1.165) is 28.4 Å². The minimum atomic E-state index is -0.560. The van der Waals surface area contributed by atoms with Gasteiger partial charge in [0.1, 0.15) is 13.2 Å². The lowest BCUT2D eigenvalue weighted by atomic mass is 10.1. The Balaban J connectivity index is 1.54. The Labute approximate surface area is 166 Å². The molecule has 0 aliphatic heterocycles. The molecule has 1 saturated carbocycles. The fourth-order valence-corrected chi connectivity index (χ4v) is 3.17. The van der Waals surface area contributed by atoms with Gasteiger partial charge in [0.2, 0.25) is 5.91 Å². The number of hydrogen-bond donors (Lipinski definition) is 2. The molecular formula is C20H22BrN3O3. The molecular weight excluding hydrogens is 410 g/mol. The summed E-state index contributed by atoms with van der Waals surface area (Å²) in [6.07, 6.45) is 1.74. The summed E-state index contributed by atoms with van der Waals surface area (Å²) in [6, 6.07) is 13.3. The minimum Gasteiger partial charge on any atom is -0.445 e. The van der Waals surface area contributed by atoms with Gasteiger partial charge in [-0.3, -0.25) is 4.79 Å². The highest BCUT2D eigenvalue weighted by Gasteiger charge is 2.25. The Morgan fingerprint density at radius 1 is 1.26 bits per heavy atom. The molecule has 1 aliphatic rings. The number of nitrogen functional groups attached to an aromatic ring is 1. The Kier molecular flexibility index (Phi) is 6.01. The summed E-state index contributed by atoms with van der Waals surface area (Å²) in [4.78, 5) is 25.6.